The maximum absolute atomic E-state index is 11.2. The summed E-state index contributed by atoms with van der Waals surface area (Å²) in [5.41, 5.74) is 3.50. The van der Waals surface area contributed by atoms with Crippen LogP contribution in [0, 0.1) is 5.92 Å². The van der Waals surface area contributed by atoms with Crippen LogP contribution >= 0.6 is 11.3 Å². The van der Waals surface area contributed by atoms with Crippen LogP contribution in [-0.2, 0) is 22.4 Å². The molecular weight excluding hydrogens is 382 g/mol. The summed E-state index contributed by atoms with van der Waals surface area (Å²) in [7, 11) is 0. The molecule has 152 valence electrons. The van der Waals surface area contributed by atoms with Crippen molar-refractivity contribution in [3.05, 3.63) is 60.4 Å². The lowest BCUT2D eigenvalue weighted by atomic mass is 10.1. The number of pyridine rings is 1. The molecule has 0 saturated carbocycles. The third-order valence-corrected chi connectivity index (χ3v) is 5.83. The van der Waals surface area contributed by atoms with Gasteiger partial charge in [-0.15, -0.1) is 11.3 Å². The molecule has 3 aromatic rings. The fraction of sp³-hybridized carbons (Fsp3) is 0.333. The summed E-state index contributed by atoms with van der Waals surface area (Å²) >= 11 is 1.76. The van der Waals surface area contributed by atoms with Gasteiger partial charge in [-0.2, -0.15) is 0 Å². The topological polar surface area (TPSA) is 48.4 Å². The van der Waals surface area contributed by atoms with Gasteiger partial charge >= 0.3 is 5.97 Å². The van der Waals surface area contributed by atoms with Crippen molar-refractivity contribution < 1.29 is 14.3 Å². The predicted octanol–water partition coefficient (Wildman–Crippen LogP) is 5.83. The second-order valence-corrected chi connectivity index (χ2v) is 8.15. The van der Waals surface area contributed by atoms with Crippen LogP contribution < -0.4 is 4.74 Å². The molecule has 4 nitrogen and oxygen atoms in total. The zero-order valence-electron chi connectivity index (χ0n) is 17.2. The highest BCUT2D eigenvalue weighted by Gasteiger charge is 2.12. The molecule has 0 bridgehead atoms. The van der Waals surface area contributed by atoms with Crippen molar-refractivity contribution in [1.82, 2.24) is 4.98 Å². The Kier molecular flexibility index (Phi) is 7.04. The molecule has 2 heterocycles. The number of fused-ring (bicyclic) bond motifs is 1. The van der Waals surface area contributed by atoms with Crippen molar-refractivity contribution in [3.63, 3.8) is 0 Å². The molecule has 0 aliphatic carbocycles. The number of thiophene rings is 1. The Balaban J connectivity index is 1.73. The van der Waals surface area contributed by atoms with Gasteiger partial charge in [-0.3, -0.25) is 4.98 Å². The summed E-state index contributed by atoms with van der Waals surface area (Å²) in [6.07, 6.45) is 3.04. The molecule has 29 heavy (non-hydrogen) atoms. The standard InChI is InChI=1S/C24H27NO3S/c1-5-18-9-11-20(21(6-2)25-18)23-12-17-8-10-19(13-22(17)29-23)27-14-16(4)15-28-24(26)7-3/h7-13,16H,3,5-6,14-15H2,1-2,4H3. The number of hydrogen-bond donors (Lipinski definition) is 0. The maximum Gasteiger partial charge on any atom is 0.330 e. The first kappa shape index (κ1) is 21.1. The minimum absolute atomic E-state index is 0.101. The highest BCUT2D eigenvalue weighted by atomic mass is 32.1. The number of carbonyl (C=O) groups is 1. The van der Waals surface area contributed by atoms with Crippen LogP contribution in [0.15, 0.2) is 49.1 Å². The lowest BCUT2D eigenvalue weighted by Gasteiger charge is -2.13. The fourth-order valence-corrected chi connectivity index (χ4v) is 4.18. The first-order valence-electron chi connectivity index (χ1n) is 9.98. The van der Waals surface area contributed by atoms with Gasteiger partial charge in [-0.1, -0.05) is 27.4 Å². The number of carbonyl (C=O) groups excluding carboxylic acids is 1. The van der Waals surface area contributed by atoms with E-state index in [9.17, 15) is 4.79 Å². The molecule has 3 rings (SSSR count). The van der Waals surface area contributed by atoms with Crippen molar-refractivity contribution in [2.24, 2.45) is 5.92 Å². The average molecular weight is 410 g/mol. The minimum atomic E-state index is -0.405. The molecule has 0 radical (unpaired) electrons. The molecule has 1 atom stereocenters. The normalized spacial score (nSPS) is 12.0. The van der Waals surface area contributed by atoms with E-state index in [1.807, 2.05) is 13.0 Å². The van der Waals surface area contributed by atoms with E-state index in [-0.39, 0.29) is 5.92 Å². The average Bonchev–Trinajstić information content (AvgIpc) is 3.18. The van der Waals surface area contributed by atoms with Crippen LogP contribution in [-0.4, -0.2) is 24.2 Å². The molecule has 2 aromatic heterocycles. The monoisotopic (exact) mass is 409 g/mol. The van der Waals surface area contributed by atoms with E-state index >= 15 is 0 Å². The van der Waals surface area contributed by atoms with E-state index in [1.54, 1.807) is 11.3 Å². The van der Waals surface area contributed by atoms with E-state index in [0.29, 0.717) is 13.2 Å². The third kappa shape index (κ3) is 5.24. The summed E-state index contributed by atoms with van der Waals surface area (Å²) in [6, 6.07) is 12.7. The number of hydrogen-bond acceptors (Lipinski definition) is 5. The Bertz CT molecular complexity index is 1010. The molecule has 0 aliphatic rings. The van der Waals surface area contributed by atoms with Gasteiger partial charge in [0.1, 0.15) is 5.75 Å². The largest absolute Gasteiger partial charge is 0.493 e. The number of aromatic nitrogens is 1. The summed E-state index contributed by atoms with van der Waals surface area (Å²) in [5.74, 6) is 0.518. The van der Waals surface area contributed by atoms with Gasteiger partial charge in [-0.05, 0) is 54.6 Å². The van der Waals surface area contributed by atoms with Gasteiger partial charge in [0.25, 0.3) is 0 Å². The smallest absolute Gasteiger partial charge is 0.330 e. The lowest BCUT2D eigenvalue weighted by Crippen LogP contribution is -2.16. The van der Waals surface area contributed by atoms with E-state index in [2.05, 4.69) is 50.8 Å². The lowest BCUT2D eigenvalue weighted by molar-refractivity contribution is -0.139. The first-order chi connectivity index (χ1) is 14.0. The van der Waals surface area contributed by atoms with Gasteiger partial charge < -0.3 is 9.47 Å². The van der Waals surface area contributed by atoms with Crippen LogP contribution in [0.4, 0.5) is 0 Å². The highest BCUT2D eigenvalue weighted by molar-refractivity contribution is 7.22. The molecule has 0 aliphatic heterocycles. The molecule has 5 heteroatoms. The Morgan fingerprint density at radius 2 is 2.00 bits per heavy atom. The number of rotatable bonds is 9. The van der Waals surface area contributed by atoms with Crippen molar-refractivity contribution in [2.45, 2.75) is 33.6 Å². The fourth-order valence-electron chi connectivity index (χ4n) is 3.04. The molecule has 1 unspecified atom stereocenters. The second kappa shape index (κ2) is 9.70. The molecule has 0 saturated heterocycles. The van der Waals surface area contributed by atoms with Gasteiger partial charge in [-0.25, -0.2) is 4.79 Å². The third-order valence-electron chi connectivity index (χ3n) is 4.70. The van der Waals surface area contributed by atoms with Gasteiger partial charge in [0.2, 0.25) is 0 Å². The molecule has 0 fully saturated rings. The first-order valence-corrected chi connectivity index (χ1v) is 10.8. The zero-order valence-corrected chi connectivity index (χ0v) is 18.1. The number of ether oxygens (including phenoxy) is 2. The van der Waals surface area contributed by atoms with Crippen LogP contribution in [0.3, 0.4) is 0 Å². The molecule has 0 amide bonds. The van der Waals surface area contributed by atoms with E-state index < -0.39 is 5.97 Å². The van der Waals surface area contributed by atoms with Crippen molar-refractivity contribution in [3.8, 4) is 16.2 Å². The number of benzene rings is 1. The predicted molar refractivity (Wildman–Crippen MR) is 120 cm³/mol. The van der Waals surface area contributed by atoms with Crippen LogP contribution in [0.2, 0.25) is 0 Å². The summed E-state index contributed by atoms with van der Waals surface area (Å²) < 4.78 is 12.2. The van der Waals surface area contributed by atoms with E-state index in [0.717, 1.165) is 30.0 Å². The van der Waals surface area contributed by atoms with Crippen LogP contribution in [0.25, 0.3) is 20.5 Å². The molecule has 1 aromatic carbocycles. The van der Waals surface area contributed by atoms with Crippen LogP contribution in [0.5, 0.6) is 5.75 Å². The van der Waals surface area contributed by atoms with Gasteiger partial charge in [0.05, 0.1) is 13.2 Å². The molecular formula is C24H27NO3S. The number of aryl methyl sites for hydroxylation is 2. The van der Waals surface area contributed by atoms with Gasteiger partial charge in [0.15, 0.2) is 0 Å². The maximum atomic E-state index is 11.2. The van der Waals surface area contributed by atoms with E-state index in [1.165, 1.54) is 26.6 Å². The van der Waals surface area contributed by atoms with Gasteiger partial charge in [0, 0.05) is 38.5 Å². The zero-order chi connectivity index (χ0) is 20.8. The molecule has 0 N–H and O–H groups in total. The summed E-state index contributed by atoms with van der Waals surface area (Å²) in [6.45, 7) is 10.5. The quantitative estimate of drug-likeness (QED) is 0.329. The van der Waals surface area contributed by atoms with Crippen molar-refractivity contribution >= 4 is 27.4 Å². The van der Waals surface area contributed by atoms with Crippen LogP contribution in [0.1, 0.15) is 32.2 Å². The summed E-state index contributed by atoms with van der Waals surface area (Å²) in [4.78, 5) is 17.2. The Morgan fingerprint density at radius 3 is 2.72 bits per heavy atom. The Labute approximate surface area is 176 Å². The molecule has 0 spiro atoms. The SMILES string of the molecule is C=CC(=O)OCC(C)COc1ccc2cc(-c3ccc(CC)nc3CC)sc2c1. The Hall–Kier alpha value is -2.66. The number of nitrogens with zero attached hydrogens (tertiary/aromatic N) is 1. The van der Waals surface area contributed by atoms with Crippen molar-refractivity contribution in [1.29, 1.82) is 0 Å². The second-order valence-electron chi connectivity index (χ2n) is 7.06. The number of esters is 1. The highest BCUT2D eigenvalue weighted by Crippen LogP contribution is 2.36. The minimum Gasteiger partial charge on any atom is -0.493 e. The summed E-state index contributed by atoms with van der Waals surface area (Å²) in [5, 5.41) is 1.20. The Morgan fingerprint density at radius 1 is 1.17 bits per heavy atom. The van der Waals surface area contributed by atoms with E-state index in [4.69, 9.17) is 14.5 Å². The van der Waals surface area contributed by atoms with Crippen molar-refractivity contribution in [2.75, 3.05) is 13.2 Å².